The Labute approximate surface area is 193 Å². The number of halogens is 1. The molecule has 1 heterocycles. The van der Waals surface area contributed by atoms with E-state index in [1.807, 2.05) is 79.7 Å². The first-order valence-corrected chi connectivity index (χ1v) is 11.4. The molecule has 5 rings (SSSR count). The molecular weight excluding hydrogens is 420 g/mol. The summed E-state index contributed by atoms with van der Waals surface area (Å²) >= 11 is 6.50. The van der Waals surface area contributed by atoms with Gasteiger partial charge in [0.2, 0.25) is 0 Å². The topological polar surface area (TPSA) is 50.4 Å². The van der Waals surface area contributed by atoms with Crippen LogP contribution >= 0.6 is 11.6 Å². The first-order valence-electron chi connectivity index (χ1n) is 11.0. The SMILES string of the molecule is CCOc1ccccc1C1Nc2ccccc2NC2=C1C(=O)CC(c1ccccc1Cl)C2. The number of anilines is 2. The molecule has 0 saturated carbocycles. The zero-order valence-corrected chi connectivity index (χ0v) is 18.7. The Morgan fingerprint density at radius 1 is 0.906 bits per heavy atom. The average molecular weight is 445 g/mol. The van der Waals surface area contributed by atoms with Crippen LogP contribution < -0.4 is 15.4 Å². The third-order valence-corrected chi connectivity index (χ3v) is 6.53. The lowest BCUT2D eigenvalue weighted by atomic mass is 9.78. The third kappa shape index (κ3) is 3.76. The van der Waals surface area contributed by atoms with Crippen LogP contribution in [-0.4, -0.2) is 12.4 Å². The summed E-state index contributed by atoms with van der Waals surface area (Å²) in [5.41, 5.74) is 5.62. The number of carbonyl (C=O) groups is 1. The van der Waals surface area contributed by atoms with E-state index in [4.69, 9.17) is 16.3 Å². The van der Waals surface area contributed by atoms with Crippen molar-refractivity contribution in [2.75, 3.05) is 17.2 Å². The molecule has 2 N–H and O–H groups in total. The fraction of sp³-hybridized carbons (Fsp3) is 0.222. The predicted octanol–water partition coefficient (Wildman–Crippen LogP) is 6.72. The van der Waals surface area contributed by atoms with Gasteiger partial charge in [0.05, 0.1) is 24.0 Å². The zero-order chi connectivity index (χ0) is 22.1. The van der Waals surface area contributed by atoms with Gasteiger partial charge < -0.3 is 15.4 Å². The molecule has 32 heavy (non-hydrogen) atoms. The highest BCUT2D eigenvalue weighted by molar-refractivity contribution is 6.31. The van der Waals surface area contributed by atoms with Gasteiger partial charge in [-0.3, -0.25) is 4.79 Å². The molecule has 162 valence electrons. The standard InChI is InChI=1S/C27H25ClN2O2/c1-2-32-25-14-8-4-10-19(25)27-26-23(29-21-12-6-7-13-22(21)30-27)15-17(16-24(26)31)18-9-3-5-11-20(18)28/h3-14,17,27,29-30H,2,15-16H2,1H3. The fourth-order valence-electron chi connectivity index (χ4n) is 4.76. The number of ketones is 1. The lowest BCUT2D eigenvalue weighted by molar-refractivity contribution is -0.116. The minimum Gasteiger partial charge on any atom is -0.494 e. The number of rotatable bonds is 4. The van der Waals surface area contributed by atoms with Gasteiger partial charge in [0, 0.05) is 28.3 Å². The van der Waals surface area contributed by atoms with Gasteiger partial charge in [-0.25, -0.2) is 0 Å². The zero-order valence-electron chi connectivity index (χ0n) is 17.9. The van der Waals surface area contributed by atoms with Crippen LogP contribution in [0, 0.1) is 0 Å². The number of ether oxygens (including phenoxy) is 1. The first kappa shape index (κ1) is 20.7. The second-order valence-electron chi connectivity index (χ2n) is 8.16. The summed E-state index contributed by atoms with van der Waals surface area (Å²) in [7, 11) is 0. The Morgan fingerprint density at radius 2 is 1.59 bits per heavy atom. The van der Waals surface area contributed by atoms with Gasteiger partial charge in [-0.1, -0.05) is 60.1 Å². The molecule has 0 fully saturated rings. The number of nitrogens with one attached hydrogen (secondary N) is 2. The summed E-state index contributed by atoms with van der Waals surface area (Å²) in [4.78, 5) is 13.7. The summed E-state index contributed by atoms with van der Waals surface area (Å²) in [6, 6.07) is 23.5. The molecule has 0 bridgehead atoms. The van der Waals surface area contributed by atoms with Crippen molar-refractivity contribution in [3.8, 4) is 5.75 Å². The second kappa shape index (κ2) is 8.71. The summed E-state index contributed by atoms with van der Waals surface area (Å²) in [5, 5.41) is 7.91. The van der Waals surface area contributed by atoms with Crippen molar-refractivity contribution in [2.24, 2.45) is 0 Å². The van der Waals surface area contributed by atoms with Crippen molar-refractivity contribution in [1.82, 2.24) is 0 Å². The summed E-state index contributed by atoms with van der Waals surface area (Å²) in [6.07, 6.45) is 1.14. The minimum absolute atomic E-state index is 0.0375. The van der Waals surface area contributed by atoms with Gasteiger partial charge in [-0.05, 0) is 49.1 Å². The Balaban J connectivity index is 1.64. The van der Waals surface area contributed by atoms with Crippen molar-refractivity contribution in [3.05, 3.63) is 100 Å². The largest absolute Gasteiger partial charge is 0.494 e. The van der Waals surface area contributed by atoms with Crippen LogP contribution in [0.1, 0.15) is 42.9 Å². The van der Waals surface area contributed by atoms with Crippen LogP contribution in [0.5, 0.6) is 5.75 Å². The fourth-order valence-corrected chi connectivity index (χ4v) is 5.05. The summed E-state index contributed by atoms with van der Waals surface area (Å²) in [5.74, 6) is 0.954. The van der Waals surface area contributed by atoms with Crippen molar-refractivity contribution in [2.45, 2.75) is 31.7 Å². The molecule has 2 aliphatic rings. The van der Waals surface area contributed by atoms with Crippen LogP contribution in [0.3, 0.4) is 0 Å². The van der Waals surface area contributed by atoms with E-state index < -0.39 is 0 Å². The average Bonchev–Trinajstić information content (AvgIpc) is 2.97. The highest BCUT2D eigenvalue weighted by atomic mass is 35.5. The van der Waals surface area contributed by atoms with Crippen molar-refractivity contribution in [3.63, 3.8) is 0 Å². The Kier molecular flexibility index (Phi) is 5.62. The summed E-state index contributed by atoms with van der Waals surface area (Å²) in [6.45, 7) is 2.53. The Morgan fingerprint density at radius 3 is 2.38 bits per heavy atom. The molecular formula is C27H25ClN2O2. The van der Waals surface area contributed by atoms with E-state index in [0.717, 1.165) is 39.5 Å². The molecule has 1 aliphatic heterocycles. The lowest BCUT2D eigenvalue weighted by Gasteiger charge is -2.30. The molecule has 3 aromatic carbocycles. The molecule has 2 atom stereocenters. The van der Waals surface area contributed by atoms with E-state index in [2.05, 4.69) is 10.6 Å². The molecule has 5 heteroatoms. The number of Topliss-reactive ketones (excluding diaryl/α,β-unsaturated/α-hetero) is 1. The van der Waals surface area contributed by atoms with Crippen LogP contribution in [0.4, 0.5) is 11.4 Å². The maximum atomic E-state index is 13.7. The van der Waals surface area contributed by atoms with Crippen molar-refractivity contribution in [1.29, 1.82) is 0 Å². The number of hydrogen-bond donors (Lipinski definition) is 2. The van der Waals surface area contributed by atoms with E-state index in [9.17, 15) is 4.79 Å². The van der Waals surface area contributed by atoms with Gasteiger partial charge in [0.1, 0.15) is 5.75 Å². The number of fused-ring (bicyclic) bond motifs is 1. The van der Waals surface area contributed by atoms with E-state index in [1.165, 1.54) is 0 Å². The number of hydrogen-bond acceptors (Lipinski definition) is 4. The maximum absolute atomic E-state index is 13.7. The lowest BCUT2D eigenvalue weighted by Crippen LogP contribution is -2.27. The van der Waals surface area contributed by atoms with Gasteiger partial charge >= 0.3 is 0 Å². The first-order chi connectivity index (χ1) is 15.7. The number of para-hydroxylation sites is 3. The highest BCUT2D eigenvalue weighted by Crippen LogP contribution is 2.46. The molecule has 0 spiro atoms. The molecule has 4 nitrogen and oxygen atoms in total. The monoisotopic (exact) mass is 444 g/mol. The molecule has 3 aromatic rings. The maximum Gasteiger partial charge on any atom is 0.163 e. The van der Waals surface area contributed by atoms with Gasteiger partial charge in [0.25, 0.3) is 0 Å². The van der Waals surface area contributed by atoms with E-state index in [1.54, 1.807) is 0 Å². The second-order valence-corrected chi connectivity index (χ2v) is 8.57. The minimum atomic E-state index is -0.302. The molecule has 0 radical (unpaired) electrons. The van der Waals surface area contributed by atoms with Crippen molar-refractivity contribution >= 4 is 28.8 Å². The molecule has 0 aromatic heterocycles. The normalized spacial score (nSPS) is 19.9. The Hall–Kier alpha value is -3.24. The Bertz CT molecular complexity index is 1200. The van der Waals surface area contributed by atoms with E-state index in [0.29, 0.717) is 24.5 Å². The van der Waals surface area contributed by atoms with Gasteiger partial charge in [-0.2, -0.15) is 0 Å². The van der Waals surface area contributed by atoms with Crippen LogP contribution in [0.15, 0.2) is 84.1 Å². The van der Waals surface area contributed by atoms with E-state index in [-0.39, 0.29) is 17.7 Å². The van der Waals surface area contributed by atoms with Gasteiger partial charge in [0.15, 0.2) is 5.78 Å². The van der Waals surface area contributed by atoms with Crippen molar-refractivity contribution < 1.29 is 9.53 Å². The number of allylic oxidation sites excluding steroid dienone is 1. The van der Waals surface area contributed by atoms with Gasteiger partial charge in [-0.15, -0.1) is 0 Å². The smallest absolute Gasteiger partial charge is 0.163 e. The predicted molar refractivity (Wildman–Crippen MR) is 129 cm³/mol. The summed E-state index contributed by atoms with van der Waals surface area (Å²) < 4.78 is 5.93. The molecule has 2 unspecified atom stereocenters. The third-order valence-electron chi connectivity index (χ3n) is 6.18. The molecule has 0 saturated heterocycles. The highest BCUT2D eigenvalue weighted by Gasteiger charge is 2.37. The van der Waals surface area contributed by atoms with Crippen LogP contribution in [0.2, 0.25) is 5.02 Å². The van der Waals surface area contributed by atoms with E-state index >= 15 is 0 Å². The number of benzene rings is 3. The number of carbonyl (C=O) groups excluding carboxylic acids is 1. The van der Waals surface area contributed by atoms with Crippen LogP contribution in [-0.2, 0) is 4.79 Å². The molecule has 1 aliphatic carbocycles. The van der Waals surface area contributed by atoms with Crippen LogP contribution in [0.25, 0.3) is 0 Å². The molecule has 0 amide bonds. The quantitative estimate of drug-likeness (QED) is 0.469.